The van der Waals surface area contributed by atoms with E-state index < -0.39 is 12.1 Å². The first-order chi connectivity index (χ1) is 38.2. The minimum atomic E-state index is -1.09. The highest BCUT2D eigenvalue weighted by molar-refractivity contribution is 6.03. The highest BCUT2D eigenvalue weighted by Crippen LogP contribution is 2.49. The number of aromatic nitrogens is 2. The van der Waals surface area contributed by atoms with Crippen molar-refractivity contribution in [2.45, 2.75) is 96.5 Å². The fourth-order valence-corrected chi connectivity index (χ4v) is 12.6. The summed E-state index contributed by atoms with van der Waals surface area (Å²) in [5.41, 5.74) is 19.8. The number of carbonyl (C=O) groups is 3. The van der Waals surface area contributed by atoms with Gasteiger partial charge in [0, 0.05) is 89.9 Å². The molecular weight excluding hydrogens is 991 g/mol. The third-order valence-electron chi connectivity index (χ3n) is 16.1. The summed E-state index contributed by atoms with van der Waals surface area (Å²) in [4.78, 5) is 41.5. The van der Waals surface area contributed by atoms with Gasteiger partial charge in [-0.2, -0.15) is 5.10 Å². The van der Waals surface area contributed by atoms with E-state index in [4.69, 9.17) is 34.2 Å². The predicted molar refractivity (Wildman–Crippen MR) is 295 cm³/mol. The van der Waals surface area contributed by atoms with Gasteiger partial charge >= 0.3 is 12.1 Å². The number of hydrogen-bond donors (Lipinski definition) is 4. The minimum absolute atomic E-state index is 0.0867. The van der Waals surface area contributed by atoms with Gasteiger partial charge in [-0.05, 0) is 148 Å². The molecule has 1 aromatic heterocycles. The fourth-order valence-electron chi connectivity index (χ4n) is 12.6. The second-order valence-corrected chi connectivity index (χ2v) is 21.1. The monoisotopic (exact) mass is 1060 g/mol. The van der Waals surface area contributed by atoms with E-state index in [0.29, 0.717) is 58.3 Å². The number of nitrogens with zero attached hydrogens (tertiary/aromatic N) is 4. The van der Waals surface area contributed by atoms with Crippen LogP contribution in [-0.2, 0) is 57.5 Å². The molecule has 4 aromatic carbocycles. The number of aryl methyl sites for hydroxylation is 3. The standard InChI is InChI=1S/C61H71N7O10/c1-38-45-20-18-44(77-61(72)64-22-21-62)9-2-10-47(45)54(66-65-38)39-13-16-43(17-14-39)76-34-33-75-32-31-74-30-29-73-28-23-63-59(69)42-15-19-46(50(37-42)60(70)71)53-51-35-40-7-3-24-67-26-5-11-48(55(40)67)57(51)78-58-49-12-6-27-68-25-4-8-41(56(49)68)36-52(53)58/h13-17,19,35-37,44H,2-12,18,20-34,62H2,1H3,(H2-,63,64,69,70,71,72)/p+1. The van der Waals surface area contributed by atoms with Crippen LogP contribution in [0.1, 0.15) is 116 Å². The van der Waals surface area contributed by atoms with Crippen molar-refractivity contribution in [1.82, 2.24) is 25.4 Å². The summed E-state index contributed by atoms with van der Waals surface area (Å²) in [5, 5.41) is 27.8. The number of fused-ring (bicyclic) bond motifs is 5. The molecule has 17 heteroatoms. The Morgan fingerprint density at radius 3 is 2.24 bits per heavy atom. The summed E-state index contributed by atoms with van der Waals surface area (Å²) in [6.07, 6.45) is 11.4. The number of amides is 2. The third-order valence-corrected chi connectivity index (χ3v) is 16.1. The first kappa shape index (κ1) is 53.1. The Hall–Kier alpha value is -6.92. The zero-order valence-electron chi connectivity index (χ0n) is 44.9. The molecule has 1 aliphatic carbocycles. The van der Waals surface area contributed by atoms with Crippen molar-refractivity contribution in [1.29, 1.82) is 0 Å². The maximum absolute atomic E-state index is 13.6. The molecule has 2 amide bonds. The van der Waals surface area contributed by atoms with Crippen molar-refractivity contribution in [2.24, 2.45) is 5.73 Å². The van der Waals surface area contributed by atoms with Crippen LogP contribution in [0.4, 0.5) is 10.5 Å². The first-order valence-electron chi connectivity index (χ1n) is 28.3. The van der Waals surface area contributed by atoms with Crippen molar-refractivity contribution in [2.75, 3.05) is 97.0 Å². The number of carboxylic acids is 1. The maximum atomic E-state index is 13.6. The Bertz CT molecular complexity index is 3210. The number of carbonyl (C=O) groups excluding carboxylic acids is 2. The summed E-state index contributed by atoms with van der Waals surface area (Å²) >= 11 is 0. The molecule has 6 heterocycles. The first-order valence-corrected chi connectivity index (χ1v) is 28.3. The van der Waals surface area contributed by atoms with Gasteiger partial charge in [-0.1, -0.05) is 6.07 Å². The van der Waals surface area contributed by atoms with E-state index in [0.717, 1.165) is 160 Å². The zero-order valence-corrected chi connectivity index (χ0v) is 44.9. The number of carboxylic acid groups (broad SMARTS) is 1. The molecule has 410 valence electrons. The Balaban J connectivity index is 0.637. The third kappa shape index (κ3) is 11.3. The normalized spacial score (nSPS) is 17.0. The average Bonchev–Trinajstić information content (AvgIpc) is 3.52. The predicted octanol–water partition coefficient (Wildman–Crippen LogP) is 5.77. The lowest BCUT2D eigenvalue weighted by Gasteiger charge is -2.39. The van der Waals surface area contributed by atoms with Crippen LogP contribution in [-0.4, -0.2) is 131 Å². The molecule has 1 unspecified atom stereocenters. The van der Waals surface area contributed by atoms with E-state index >= 15 is 0 Å². The SMILES string of the molecule is Cc1nnc(-c2ccc(OCCOCCOCCOCCNC(=O)c3ccc(C4=c5cc6c7c(c5Oc5c4cc4c8c5CCCN8CCC4)CCC[N+]=7CCC6)c(C(=O)O)c3)cc2)c2c1CCC(OC(=O)NCCN)CCC2. The Kier molecular flexibility index (Phi) is 16.6. The maximum Gasteiger partial charge on any atom is 0.407 e. The number of nitrogens with one attached hydrogen (secondary N) is 2. The molecule has 11 rings (SSSR count). The number of aromatic carboxylic acids is 1. The molecule has 1 atom stereocenters. The molecule has 17 nitrogen and oxygen atoms in total. The number of anilines is 1. The van der Waals surface area contributed by atoms with E-state index in [1.165, 1.54) is 50.5 Å². The summed E-state index contributed by atoms with van der Waals surface area (Å²) in [5.74, 6) is 1.00. The van der Waals surface area contributed by atoms with Crippen LogP contribution in [0.3, 0.4) is 0 Å². The van der Waals surface area contributed by atoms with Gasteiger partial charge in [-0.3, -0.25) is 4.79 Å². The fraction of sp³-hybridized carbons (Fsp3) is 0.475. The molecule has 5 N–H and O–H groups in total. The van der Waals surface area contributed by atoms with Gasteiger partial charge in [0.2, 0.25) is 5.36 Å². The lowest BCUT2D eigenvalue weighted by atomic mass is 9.81. The molecule has 0 radical (unpaired) electrons. The molecule has 5 aliphatic heterocycles. The number of nitrogens with two attached hydrogens (primary N) is 1. The summed E-state index contributed by atoms with van der Waals surface area (Å²) in [7, 11) is 0. The Morgan fingerprint density at radius 2 is 1.45 bits per heavy atom. The average molecular weight is 1060 g/mol. The van der Waals surface area contributed by atoms with Gasteiger partial charge in [-0.15, -0.1) is 5.10 Å². The molecule has 0 spiro atoms. The minimum Gasteiger partial charge on any atom is -0.491 e. The number of hydrogen-bond acceptors (Lipinski definition) is 13. The second kappa shape index (κ2) is 24.4. The molecule has 0 saturated carbocycles. The molecule has 0 bridgehead atoms. The lowest BCUT2D eigenvalue weighted by Crippen LogP contribution is -2.45. The number of rotatable bonds is 20. The number of alkyl carbamates (subject to hydrolysis) is 1. The van der Waals surface area contributed by atoms with E-state index in [1.54, 1.807) is 6.07 Å². The van der Waals surface area contributed by atoms with Gasteiger partial charge < -0.3 is 54.8 Å². The largest absolute Gasteiger partial charge is 0.491 e. The van der Waals surface area contributed by atoms with E-state index in [9.17, 15) is 19.5 Å². The number of benzene rings is 4. The van der Waals surface area contributed by atoms with Gasteiger partial charge in [-0.25, -0.2) is 14.2 Å². The van der Waals surface area contributed by atoms with E-state index in [-0.39, 0.29) is 36.3 Å². The summed E-state index contributed by atoms with van der Waals surface area (Å²) in [6, 6.07) is 17.5. The van der Waals surface area contributed by atoms with Crippen molar-refractivity contribution in [3.8, 4) is 28.5 Å². The topological polar surface area (TPSA) is 209 Å². The number of ether oxygens (including phenoxy) is 6. The summed E-state index contributed by atoms with van der Waals surface area (Å²) in [6.45, 7) is 9.69. The van der Waals surface area contributed by atoms with E-state index in [1.807, 2.05) is 37.3 Å². The van der Waals surface area contributed by atoms with E-state index in [2.05, 4.69) is 42.4 Å². The molecule has 0 saturated heterocycles. The van der Waals surface area contributed by atoms with Crippen LogP contribution in [0.2, 0.25) is 0 Å². The quantitative estimate of drug-likeness (QED) is 0.0529. The highest BCUT2D eigenvalue weighted by Gasteiger charge is 2.37. The van der Waals surface area contributed by atoms with Crippen molar-refractivity contribution < 1.29 is 47.9 Å². The van der Waals surface area contributed by atoms with Crippen LogP contribution in [0, 0.1) is 6.92 Å². The van der Waals surface area contributed by atoms with Crippen molar-refractivity contribution >= 4 is 29.2 Å². The molecule has 6 aliphatic rings. The summed E-state index contributed by atoms with van der Waals surface area (Å²) < 4.78 is 38.5. The molecule has 5 aromatic rings. The van der Waals surface area contributed by atoms with Gasteiger partial charge in [0.05, 0.1) is 62.2 Å². The molecule has 78 heavy (non-hydrogen) atoms. The zero-order chi connectivity index (χ0) is 53.5. The highest BCUT2D eigenvalue weighted by atomic mass is 16.6. The molecular formula is C61H72N7O10+. The molecule has 0 fully saturated rings. The second-order valence-electron chi connectivity index (χ2n) is 21.1. The van der Waals surface area contributed by atoms with Crippen LogP contribution in [0.15, 0.2) is 54.6 Å². The van der Waals surface area contributed by atoms with Crippen molar-refractivity contribution in [3.63, 3.8) is 0 Å². The van der Waals surface area contributed by atoms with Crippen molar-refractivity contribution in [3.05, 3.63) is 127 Å². The van der Waals surface area contributed by atoms with Crippen LogP contribution >= 0.6 is 0 Å². The van der Waals surface area contributed by atoms with Gasteiger partial charge in [0.1, 0.15) is 43.0 Å². The van der Waals surface area contributed by atoms with Gasteiger partial charge in [0.25, 0.3) is 5.91 Å². The van der Waals surface area contributed by atoms with Gasteiger partial charge in [0.15, 0.2) is 0 Å². The van der Waals surface area contributed by atoms with Crippen LogP contribution in [0.25, 0.3) is 16.8 Å². The lowest BCUT2D eigenvalue weighted by molar-refractivity contribution is 0.00988. The Labute approximate surface area is 455 Å². The van der Waals surface area contributed by atoms with Crippen LogP contribution in [0.5, 0.6) is 17.2 Å². The smallest absolute Gasteiger partial charge is 0.407 e. The van der Waals surface area contributed by atoms with Crippen LogP contribution < -0.4 is 45.9 Å². The Morgan fingerprint density at radius 1 is 0.718 bits per heavy atom.